The number of nitrogens with zero attached hydrogens (tertiary/aromatic N) is 2. The number of guanidine groups is 1. The lowest BCUT2D eigenvalue weighted by Crippen LogP contribution is -2.51. The Hall–Kier alpha value is -1.80. The lowest BCUT2D eigenvalue weighted by Gasteiger charge is -2.33. The highest BCUT2D eigenvalue weighted by atomic mass is 32.2. The maximum atomic E-state index is 12.2. The number of sulfonamides is 1. The van der Waals surface area contributed by atoms with Crippen molar-refractivity contribution in [3.8, 4) is 5.75 Å². The van der Waals surface area contributed by atoms with Gasteiger partial charge in [-0.1, -0.05) is 32.9 Å². The number of aliphatic imine (C=N–C) groups is 1. The zero-order valence-corrected chi connectivity index (χ0v) is 19.2. The fourth-order valence-corrected chi connectivity index (χ4v) is 5.05. The average Bonchev–Trinajstić information content (AvgIpc) is 2.71. The average molecular weight is 425 g/mol. The third-order valence-electron chi connectivity index (χ3n) is 5.42. The molecular formula is C21H36N4O3S. The van der Waals surface area contributed by atoms with Gasteiger partial charge in [-0.2, -0.15) is 0 Å². The highest BCUT2D eigenvalue weighted by Gasteiger charge is 2.28. The van der Waals surface area contributed by atoms with E-state index in [2.05, 4.69) is 41.6 Å². The molecule has 1 heterocycles. The second-order valence-corrected chi connectivity index (χ2v) is 10.3. The van der Waals surface area contributed by atoms with Gasteiger partial charge in [-0.3, -0.25) is 4.99 Å². The standard InChI is InChI=1S/C21H36N4O3S/c1-6-14-29(26,27)25-12-10-18(11-13-25)24-20(22-4)23-16-21(2,3)17-8-7-9-19(15-17)28-5/h7-9,15,18H,6,10-14,16H2,1-5H3,(H2,22,23,24). The van der Waals surface area contributed by atoms with Crippen molar-refractivity contribution in [2.75, 3.05) is 39.5 Å². The van der Waals surface area contributed by atoms with E-state index in [1.807, 2.05) is 19.1 Å². The summed E-state index contributed by atoms with van der Waals surface area (Å²) >= 11 is 0. The van der Waals surface area contributed by atoms with Crippen LogP contribution in [0.15, 0.2) is 29.3 Å². The molecule has 1 aromatic rings. The van der Waals surface area contributed by atoms with Gasteiger partial charge in [-0.25, -0.2) is 12.7 Å². The molecule has 1 aliphatic heterocycles. The van der Waals surface area contributed by atoms with Gasteiger partial charge in [0, 0.05) is 38.1 Å². The van der Waals surface area contributed by atoms with Crippen LogP contribution in [0.25, 0.3) is 0 Å². The van der Waals surface area contributed by atoms with E-state index in [0.717, 1.165) is 24.6 Å². The Morgan fingerprint density at radius 2 is 2.00 bits per heavy atom. The van der Waals surface area contributed by atoms with Gasteiger partial charge in [0.05, 0.1) is 12.9 Å². The quantitative estimate of drug-likeness (QED) is 0.494. The van der Waals surface area contributed by atoms with Gasteiger partial charge >= 0.3 is 0 Å². The summed E-state index contributed by atoms with van der Waals surface area (Å²) in [5.41, 5.74) is 1.08. The molecule has 2 N–H and O–H groups in total. The summed E-state index contributed by atoms with van der Waals surface area (Å²) in [4.78, 5) is 4.35. The maximum absolute atomic E-state index is 12.2. The van der Waals surface area contributed by atoms with Crippen molar-refractivity contribution in [3.05, 3.63) is 29.8 Å². The largest absolute Gasteiger partial charge is 0.497 e. The third kappa shape index (κ3) is 6.60. The fraction of sp³-hybridized carbons (Fsp3) is 0.667. The molecule has 0 aromatic heterocycles. The molecule has 1 saturated heterocycles. The van der Waals surface area contributed by atoms with E-state index in [-0.39, 0.29) is 17.2 Å². The van der Waals surface area contributed by atoms with E-state index >= 15 is 0 Å². The van der Waals surface area contributed by atoms with Crippen molar-refractivity contribution >= 4 is 16.0 Å². The Kier molecular flexibility index (Phi) is 8.34. The zero-order valence-electron chi connectivity index (χ0n) is 18.4. The normalized spacial score (nSPS) is 17.2. The molecule has 29 heavy (non-hydrogen) atoms. The second kappa shape index (κ2) is 10.3. The Morgan fingerprint density at radius 1 is 1.31 bits per heavy atom. The molecule has 0 saturated carbocycles. The number of hydrogen-bond acceptors (Lipinski definition) is 4. The SMILES string of the molecule is CCCS(=O)(=O)N1CCC(NC(=NC)NCC(C)(C)c2cccc(OC)c2)CC1. The summed E-state index contributed by atoms with van der Waals surface area (Å²) < 4.78 is 31.4. The highest BCUT2D eigenvalue weighted by Crippen LogP contribution is 2.25. The molecule has 1 fully saturated rings. The van der Waals surface area contributed by atoms with Crippen LogP contribution in [0.4, 0.5) is 0 Å². The molecule has 8 heteroatoms. The Balaban J connectivity index is 1.88. The lowest BCUT2D eigenvalue weighted by molar-refractivity contribution is 0.305. The van der Waals surface area contributed by atoms with Crippen LogP contribution in [0, 0.1) is 0 Å². The molecule has 0 aliphatic carbocycles. The maximum Gasteiger partial charge on any atom is 0.214 e. The number of hydrogen-bond donors (Lipinski definition) is 2. The van der Waals surface area contributed by atoms with Gasteiger partial charge in [0.2, 0.25) is 10.0 Å². The molecule has 0 radical (unpaired) electrons. The van der Waals surface area contributed by atoms with Crippen LogP contribution in [0.5, 0.6) is 5.75 Å². The highest BCUT2D eigenvalue weighted by molar-refractivity contribution is 7.89. The molecular weight excluding hydrogens is 388 g/mol. The first-order chi connectivity index (χ1) is 13.7. The number of benzene rings is 1. The predicted molar refractivity (Wildman–Crippen MR) is 119 cm³/mol. The van der Waals surface area contributed by atoms with E-state index in [1.54, 1.807) is 18.5 Å². The topological polar surface area (TPSA) is 83.0 Å². The third-order valence-corrected chi connectivity index (χ3v) is 7.50. The Bertz CT molecular complexity index is 785. The van der Waals surface area contributed by atoms with E-state index in [1.165, 1.54) is 5.56 Å². The predicted octanol–water partition coefficient (Wildman–Crippen LogP) is 2.34. The van der Waals surface area contributed by atoms with E-state index in [9.17, 15) is 8.42 Å². The van der Waals surface area contributed by atoms with E-state index < -0.39 is 10.0 Å². The summed E-state index contributed by atoms with van der Waals surface area (Å²) in [7, 11) is 0.327. The molecule has 7 nitrogen and oxygen atoms in total. The minimum absolute atomic E-state index is 0.107. The van der Waals surface area contributed by atoms with Crippen LogP contribution in [-0.4, -0.2) is 64.3 Å². The fourth-order valence-electron chi connectivity index (χ4n) is 3.50. The minimum atomic E-state index is -3.11. The first-order valence-electron chi connectivity index (χ1n) is 10.3. The van der Waals surface area contributed by atoms with Gasteiger partial charge in [0.25, 0.3) is 0 Å². The number of methoxy groups -OCH3 is 1. The van der Waals surface area contributed by atoms with Crippen molar-refractivity contribution in [1.29, 1.82) is 0 Å². The van der Waals surface area contributed by atoms with Crippen molar-refractivity contribution in [1.82, 2.24) is 14.9 Å². The first-order valence-corrected chi connectivity index (χ1v) is 11.9. The van der Waals surface area contributed by atoms with Crippen LogP contribution in [0.2, 0.25) is 0 Å². The smallest absolute Gasteiger partial charge is 0.214 e. The number of piperidine rings is 1. The molecule has 164 valence electrons. The number of nitrogens with one attached hydrogen (secondary N) is 2. The second-order valence-electron chi connectivity index (χ2n) is 8.18. The summed E-state index contributed by atoms with van der Waals surface area (Å²) in [6, 6.07) is 8.33. The van der Waals surface area contributed by atoms with Crippen LogP contribution < -0.4 is 15.4 Å². The molecule has 0 atom stereocenters. The number of ether oxygens (including phenoxy) is 1. The number of rotatable bonds is 8. The van der Waals surface area contributed by atoms with Crippen molar-refractivity contribution in [2.24, 2.45) is 4.99 Å². The molecule has 2 rings (SSSR count). The van der Waals surface area contributed by atoms with Crippen molar-refractivity contribution in [3.63, 3.8) is 0 Å². The molecule has 1 aliphatic rings. The van der Waals surface area contributed by atoms with Gasteiger partial charge in [-0.05, 0) is 37.0 Å². The molecule has 0 spiro atoms. The Labute approximate surface area is 176 Å². The molecule has 0 amide bonds. The zero-order chi connectivity index (χ0) is 21.5. The molecule has 0 unspecified atom stereocenters. The van der Waals surface area contributed by atoms with Crippen LogP contribution >= 0.6 is 0 Å². The van der Waals surface area contributed by atoms with Gasteiger partial charge in [0.15, 0.2) is 5.96 Å². The summed E-state index contributed by atoms with van der Waals surface area (Å²) in [6.07, 6.45) is 2.21. The lowest BCUT2D eigenvalue weighted by atomic mass is 9.84. The first kappa shape index (κ1) is 23.5. The van der Waals surface area contributed by atoms with Crippen molar-refractivity contribution in [2.45, 2.75) is 51.5 Å². The monoisotopic (exact) mass is 424 g/mol. The van der Waals surface area contributed by atoms with Gasteiger partial charge < -0.3 is 15.4 Å². The minimum Gasteiger partial charge on any atom is -0.497 e. The summed E-state index contributed by atoms with van der Waals surface area (Å²) in [5.74, 6) is 1.83. The van der Waals surface area contributed by atoms with Crippen LogP contribution in [0.3, 0.4) is 0 Å². The van der Waals surface area contributed by atoms with Crippen LogP contribution in [0.1, 0.15) is 45.6 Å². The van der Waals surface area contributed by atoms with E-state index in [4.69, 9.17) is 4.74 Å². The molecule has 1 aromatic carbocycles. The van der Waals surface area contributed by atoms with Gasteiger partial charge in [-0.15, -0.1) is 0 Å². The van der Waals surface area contributed by atoms with E-state index in [0.29, 0.717) is 26.1 Å². The van der Waals surface area contributed by atoms with Crippen molar-refractivity contribution < 1.29 is 13.2 Å². The van der Waals surface area contributed by atoms with Gasteiger partial charge in [0.1, 0.15) is 5.75 Å². The Morgan fingerprint density at radius 3 is 2.59 bits per heavy atom. The summed E-state index contributed by atoms with van der Waals surface area (Å²) in [5, 5.41) is 6.87. The van der Waals surface area contributed by atoms with Crippen LogP contribution in [-0.2, 0) is 15.4 Å². The molecule has 0 bridgehead atoms. The summed E-state index contributed by atoms with van der Waals surface area (Å²) in [6.45, 7) is 8.09.